The van der Waals surface area contributed by atoms with E-state index in [4.69, 9.17) is 9.47 Å². The first kappa shape index (κ1) is 29.1. The molecule has 0 spiro atoms. The minimum Gasteiger partial charge on any atom is -0.481 e. The normalized spacial score (nSPS) is 28.4. The van der Waals surface area contributed by atoms with Gasteiger partial charge in [-0.3, -0.25) is 4.79 Å². The van der Waals surface area contributed by atoms with Crippen LogP contribution in [0.15, 0.2) is 65.8 Å². The Bertz CT molecular complexity index is 1440. The minimum atomic E-state index is -0.698. The van der Waals surface area contributed by atoms with Crippen LogP contribution in [0.1, 0.15) is 67.7 Å². The van der Waals surface area contributed by atoms with E-state index >= 15 is 4.39 Å². The fourth-order valence-electron chi connectivity index (χ4n) is 7.81. The van der Waals surface area contributed by atoms with Crippen LogP contribution in [0.5, 0.6) is 0 Å². The smallest absolute Gasteiger partial charge is 0.307 e. The summed E-state index contributed by atoms with van der Waals surface area (Å²) in [5, 5.41) is 9.47. The minimum absolute atomic E-state index is 0.127. The zero-order valence-corrected chi connectivity index (χ0v) is 25.2. The van der Waals surface area contributed by atoms with Gasteiger partial charge < -0.3 is 14.6 Å². The molecule has 0 aromatic heterocycles. The predicted molar refractivity (Wildman–Crippen MR) is 164 cm³/mol. The second-order valence-electron chi connectivity index (χ2n) is 13.4. The van der Waals surface area contributed by atoms with Crippen LogP contribution in [0.25, 0.3) is 11.1 Å². The molecule has 5 heteroatoms. The first-order chi connectivity index (χ1) is 20.1. The maximum Gasteiger partial charge on any atom is 0.307 e. The van der Waals surface area contributed by atoms with Crippen LogP contribution in [0, 0.1) is 42.8 Å². The molecule has 0 radical (unpaired) electrons. The number of allylic oxidation sites excluding steroid dienone is 3. The highest BCUT2D eigenvalue weighted by Gasteiger charge is 2.61. The Balaban J connectivity index is 1.12. The molecule has 3 aliphatic carbocycles. The lowest BCUT2D eigenvalue weighted by molar-refractivity contribution is -0.139. The summed E-state index contributed by atoms with van der Waals surface area (Å²) in [5.41, 5.74) is 9.99. The molecule has 4 nitrogen and oxygen atoms in total. The summed E-state index contributed by atoms with van der Waals surface area (Å²) in [4.78, 5) is 11.5. The molecular formula is C37H43FO4. The SMILES string of the molecule is C=C1CC=C2C(=CC1OCc1cc(-c3c(C)cc(CCCC4(C)CCCOC4)cc3C)ccc1F)C[C@H]1C(C(=O)O)[C@@H]21. The van der Waals surface area contributed by atoms with Crippen LogP contribution in [0.3, 0.4) is 0 Å². The standard InChI is InChI=1S/C37H43FO4/c1-22-8-10-29-27(18-30-34(29)35(30)36(39)40)19-32(22)42-20-28-17-26(9-11-31(28)38)33-23(2)15-25(16-24(33)3)7-5-12-37(4)13-6-14-41-21-37/h9-11,15-17,19,30,32,34-35H,1,5-8,12-14,18,20-21H2,2-4H3,(H,39,40)/t30-,32?,34+,35?,37?/m1/s1. The number of aryl methyl sites for hydroxylation is 3. The number of carboxylic acids is 1. The van der Waals surface area contributed by atoms with Crippen LogP contribution in [0.2, 0.25) is 0 Å². The number of benzene rings is 2. The summed E-state index contributed by atoms with van der Waals surface area (Å²) >= 11 is 0. The van der Waals surface area contributed by atoms with Crippen LogP contribution < -0.4 is 0 Å². The van der Waals surface area contributed by atoms with Crippen molar-refractivity contribution in [2.75, 3.05) is 13.2 Å². The van der Waals surface area contributed by atoms with Crippen LogP contribution in [-0.2, 0) is 27.3 Å². The third-order valence-corrected chi connectivity index (χ3v) is 10.1. The molecule has 5 atom stereocenters. The molecule has 0 bridgehead atoms. The quantitative estimate of drug-likeness (QED) is 0.308. The van der Waals surface area contributed by atoms with Gasteiger partial charge in [0.1, 0.15) is 5.82 Å². The first-order valence-corrected chi connectivity index (χ1v) is 15.5. The Kier molecular flexibility index (Phi) is 8.01. The van der Waals surface area contributed by atoms with Gasteiger partial charge in [-0.25, -0.2) is 4.39 Å². The van der Waals surface area contributed by atoms with Gasteiger partial charge in [0.2, 0.25) is 0 Å². The second-order valence-corrected chi connectivity index (χ2v) is 13.4. The number of aliphatic carboxylic acids is 1. The van der Waals surface area contributed by atoms with Crippen molar-refractivity contribution in [1.29, 1.82) is 0 Å². The number of ether oxygens (including phenoxy) is 2. The van der Waals surface area contributed by atoms with Gasteiger partial charge in [0, 0.05) is 18.1 Å². The molecule has 2 saturated carbocycles. The topological polar surface area (TPSA) is 55.8 Å². The molecule has 1 heterocycles. The number of hydrogen-bond acceptors (Lipinski definition) is 3. The van der Waals surface area contributed by atoms with Gasteiger partial charge in [-0.2, -0.15) is 0 Å². The molecule has 2 aromatic rings. The van der Waals surface area contributed by atoms with E-state index in [0.29, 0.717) is 17.4 Å². The molecule has 4 aliphatic rings. The van der Waals surface area contributed by atoms with Gasteiger partial charge in [-0.15, -0.1) is 0 Å². The molecule has 222 valence electrons. The van der Waals surface area contributed by atoms with Crippen LogP contribution >= 0.6 is 0 Å². The molecule has 6 rings (SSSR count). The average Bonchev–Trinajstić information content (AvgIpc) is 3.58. The summed E-state index contributed by atoms with van der Waals surface area (Å²) in [7, 11) is 0. The van der Waals surface area contributed by atoms with Gasteiger partial charge >= 0.3 is 5.97 Å². The predicted octanol–water partition coefficient (Wildman–Crippen LogP) is 8.30. The van der Waals surface area contributed by atoms with E-state index < -0.39 is 5.97 Å². The van der Waals surface area contributed by atoms with E-state index in [0.717, 1.165) is 61.2 Å². The maximum absolute atomic E-state index is 15.0. The monoisotopic (exact) mass is 570 g/mol. The average molecular weight is 571 g/mol. The fraction of sp³-hybridized carbons (Fsp3) is 0.486. The van der Waals surface area contributed by atoms with Gasteiger partial charge in [0.05, 0.1) is 25.2 Å². The zero-order chi connectivity index (χ0) is 29.6. The van der Waals surface area contributed by atoms with Crippen molar-refractivity contribution in [2.45, 2.75) is 78.4 Å². The van der Waals surface area contributed by atoms with Gasteiger partial charge in [-0.1, -0.05) is 37.8 Å². The fourth-order valence-corrected chi connectivity index (χ4v) is 7.81. The highest BCUT2D eigenvalue weighted by Crippen LogP contribution is 2.63. The lowest BCUT2D eigenvalue weighted by Gasteiger charge is -2.33. The van der Waals surface area contributed by atoms with Gasteiger partial charge in [0.15, 0.2) is 0 Å². The van der Waals surface area contributed by atoms with Crippen molar-refractivity contribution in [3.05, 3.63) is 93.9 Å². The number of rotatable bonds is 9. The van der Waals surface area contributed by atoms with E-state index in [2.05, 4.69) is 51.6 Å². The number of hydrogen-bond donors (Lipinski definition) is 1. The lowest BCUT2D eigenvalue weighted by atomic mass is 9.79. The largest absolute Gasteiger partial charge is 0.481 e. The lowest BCUT2D eigenvalue weighted by Crippen LogP contribution is -2.28. The first-order valence-electron chi connectivity index (χ1n) is 15.5. The summed E-state index contributed by atoms with van der Waals surface area (Å²) in [6.07, 6.45) is 11.1. The van der Waals surface area contributed by atoms with E-state index in [-0.39, 0.29) is 36.3 Å². The molecule has 3 fully saturated rings. The Labute approximate surface area is 249 Å². The van der Waals surface area contributed by atoms with Gasteiger partial charge in [0.25, 0.3) is 0 Å². The van der Waals surface area contributed by atoms with Crippen molar-refractivity contribution in [3.8, 4) is 11.1 Å². The van der Waals surface area contributed by atoms with Crippen molar-refractivity contribution >= 4 is 5.97 Å². The Morgan fingerprint density at radius 3 is 2.71 bits per heavy atom. The van der Waals surface area contributed by atoms with E-state index in [1.807, 2.05) is 12.1 Å². The van der Waals surface area contributed by atoms with E-state index in [1.165, 1.54) is 35.1 Å². The molecule has 0 amide bonds. The molecule has 3 unspecified atom stereocenters. The van der Waals surface area contributed by atoms with E-state index in [1.54, 1.807) is 6.07 Å². The van der Waals surface area contributed by atoms with Crippen molar-refractivity contribution < 1.29 is 23.8 Å². The molecule has 2 aromatic carbocycles. The van der Waals surface area contributed by atoms with Crippen LogP contribution in [0.4, 0.5) is 4.39 Å². The van der Waals surface area contributed by atoms with Crippen molar-refractivity contribution in [1.82, 2.24) is 0 Å². The highest BCUT2D eigenvalue weighted by atomic mass is 19.1. The van der Waals surface area contributed by atoms with Crippen molar-refractivity contribution in [3.63, 3.8) is 0 Å². The summed E-state index contributed by atoms with van der Waals surface area (Å²) in [6.45, 7) is 12.8. The third-order valence-electron chi connectivity index (χ3n) is 10.1. The molecule has 1 N–H and O–H groups in total. The van der Waals surface area contributed by atoms with Crippen LogP contribution in [-0.4, -0.2) is 30.4 Å². The summed E-state index contributed by atoms with van der Waals surface area (Å²) in [5.74, 6) is -0.897. The Hall–Kier alpha value is -3.02. The number of fused-ring (bicyclic) bond motifs is 3. The second kappa shape index (κ2) is 11.6. The molecule has 1 saturated heterocycles. The zero-order valence-electron chi connectivity index (χ0n) is 25.2. The Morgan fingerprint density at radius 2 is 2.00 bits per heavy atom. The summed E-state index contributed by atoms with van der Waals surface area (Å²) in [6, 6.07) is 9.91. The van der Waals surface area contributed by atoms with E-state index in [9.17, 15) is 9.90 Å². The number of carboxylic acid groups (broad SMARTS) is 1. The van der Waals surface area contributed by atoms with Crippen molar-refractivity contribution in [2.24, 2.45) is 23.2 Å². The molecule has 42 heavy (non-hydrogen) atoms. The number of halogens is 1. The maximum atomic E-state index is 15.0. The molecular weight excluding hydrogens is 527 g/mol. The Morgan fingerprint density at radius 1 is 1.21 bits per heavy atom. The molecule has 1 aliphatic heterocycles. The van der Waals surface area contributed by atoms with Gasteiger partial charge in [-0.05, 0) is 133 Å². The highest BCUT2D eigenvalue weighted by molar-refractivity contribution is 5.77. The summed E-state index contributed by atoms with van der Waals surface area (Å²) < 4.78 is 27.0. The number of carbonyl (C=O) groups is 1. The third kappa shape index (κ3) is 5.78.